The predicted octanol–water partition coefficient (Wildman–Crippen LogP) is 1.61. The van der Waals surface area contributed by atoms with E-state index in [4.69, 9.17) is 4.74 Å². The summed E-state index contributed by atoms with van der Waals surface area (Å²) in [4.78, 5) is 19.1. The summed E-state index contributed by atoms with van der Waals surface area (Å²) < 4.78 is 5.34. The van der Waals surface area contributed by atoms with Crippen molar-refractivity contribution in [2.24, 2.45) is 33.6 Å². The highest BCUT2D eigenvalue weighted by Crippen LogP contribution is 2.77. The van der Waals surface area contributed by atoms with Crippen LogP contribution in [0.2, 0.25) is 0 Å². The normalized spacial score (nSPS) is 43.9. The van der Waals surface area contributed by atoms with Gasteiger partial charge in [-0.25, -0.2) is 4.79 Å². The fourth-order valence-electron chi connectivity index (χ4n) is 7.92. The van der Waals surface area contributed by atoms with Gasteiger partial charge in [-0.15, -0.1) is 0 Å². The minimum atomic E-state index is -1.47. The molecule has 31 heavy (non-hydrogen) atoms. The van der Waals surface area contributed by atoms with E-state index in [1.165, 1.54) is 7.11 Å². The number of hydrogen-bond donors (Lipinski definition) is 3. The van der Waals surface area contributed by atoms with E-state index in [1.807, 2.05) is 0 Å². The van der Waals surface area contributed by atoms with Crippen LogP contribution in [0.1, 0.15) is 32.6 Å². The Kier molecular flexibility index (Phi) is 4.55. The van der Waals surface area contributed by atoms with Gasteiger partial charge in [-0.1, -0.05) is 24.8 Å². The van der Waals surface area contributed by atoms with E-state index in [-0.39, 0.29) is 35.3 Å². The Morgan fingerprint density at radius 3 is 3.00 bits per heavy atom. The van der Waals surface area contributed by atoms with E-state index in [0.717, 1.165) is 30.9 Å². The molecule has 2 fully saturated rings. The highest BCUT2D eigenvalue weighted by atomic mass is 16.5. The summed E-state index contributed by atoms with van der Waals surface area (Å²) in [6, 6.07) is 0. The second-order valence-electron chi connectivity index (χ2n) is 9.92. The predicted molar refractivity (Wildman–Crippen MR) is 116 cm³/mol. The lowest BCUT2D eigenvalue weighted by Crippen LogP contribution is -2.60. The molecule has 2 spiro atoms. The number of aliphatic imine (C=N–C) groups is 1. The number of ether oxygens (including phenoxy) is 1. The number of rotatable bonds is 3. The number of nitrogens with zero attached hydrogens (tertiary/aromatic N) is 2. The zero-order valence-electron chi connectivity index (χ0n) is 18.4. The summed E-state index contributed by atoms with van der Waals surface area (Å²) in [6.45, 7) is 3.52. The average Bonchev–Trinajstić information content (AvgIpc) is 3.08. The molecule has 166 valence electrons. The largest absolute Gasteiger partial charge is 0.478 e. The van der Waals surface area contributed by atoms with Gasteiger partial charge in [-0.05, 0) is 43.1 Å². The molecule has 7 nitrogen and oxygen atoms in total. The lowest BCUT2D eigenvalue weighted by atomic mass is 9.47. The fraction of sp³-hybridized carbons (Fsp3) is 0.667. The first-order valence-corrected chi connectivity index (χ1v) is 11.1. The smallest absolute Gasteiger partial charge is 0.334 e. The number of carbonyl (C=O) groups is 1. The molecule has 3 N–H and O–H groups in total. The van der Waals surface area contributed by atoms with E-state index in [2.05, 4.69) is 46.2 Å². The maximum atomic E-state index is 12.5. The highest BCUT2D eigenvalue weighted by Gasteiger charge is 2.74. The molecule has 0 aromatic carbocycles. The number of aliphatic hydroxyl groups is 1. The number of guanidine groups is 1. The van der Waals surface area contributed by atoms with Crippen molar-refractivity contribution in [2.75, 3.05) is 33.9 Å². The highest BCUT2D eigenvalue weighted by molar-refractivity contribution is 5.92. The molecule has 6 atom stereocenters. The number of nitrogens with one attached hydrogen (secondary N) is 1. The number of hydrogen-bond acceptors (Lipinski definition) is 4. The van der Waals surface area contributed by atoms with Crippen LogP contribution in [-0.2, 0) is 9.53 Å². The van der Waals surface area contributed by atoms with Gasteiger partial charge in [-0.3, -0.25) is 4.99 Å². The third kappa shape index (κ3) is 2.49. The molecule has 0 unspecified atom stereocenters. The van der Waals surface area contributed by atoms with Crippen LogP contribution in [0.5, 0.6) is 0 Å². The Morgan fingerprint density at radius 1 is 1.48 bits per heavy atom. The summed E-state index contributed by atoms with van der Waals surface area (Å²) >= 11 is 0. The summed E-state index contributed by atoms with van der Waals surface area (Å²) in [5, 5.41) is 25.2. The molecular weight excluding hydrogens is 394 g/mol. The van der Waals surface area contributed by atoms with Gasteiger partial charge < -0.3 is 25.2 Å². The van der Waals surface area contributed by atoms with Crippen LogP contribution >= 0.6 is 0 Å². The SMILES string of the molecule is CN=C1NCC#C[C@@H]2C[C@@H](C)[C@@]34C[C@](O)(COC)C(C(=O)O)=C3C[C@@H]2[C@]42CC=CN1C2. The summed E-state index contributed by atoms with van der Waals surface area (Å²) in [7, 11) is 3.30. The molecule has 2 saturated carbocycles. The van der Waals surface area contributed by atoms with Crippen molar-refractivity contribution in [1.82, 2.24) is 10.2 Å². The summed E-state index contributed by atoms with van der Waals surface area (Å²) in [5.41, 5.74) is -0.947. The Morgan fingerprint density at radius 2 is 2.29 bits per heavy atom. The van der Waals surface area contributed by atoms with Gasteiger partial charge >= 0.3 is 5.97 Å². The van der Waals surface area contributed by atoms with Crippen molar-refractivity contribution >= 4 is 11.9 Å². The Labute approximate surface area is 183 Å². The van der Waals surface area contributed by atoms with Crippen LogP contribution in [0.15, 0.2) is 28.4 Å². The first-order chi connectivity index (χ1) is 14.8. The molecule has 0 aromatic heterocycles. The molecule has 0 aromatic rings. The van der Waals surface area contributed by atoms with Crippen LogP contribution in [0.4, 0.5) is 0 Å². The van der Waals surface area contributed by atoms with Crippen molar-refractivity contribution in [3.63, 3.8) is 0 Å². The van der Waals surface area contributed by atoms with Crippen molar-refractivity contribution in [2.45, 2.75) is 38.2 Å². The lowest BCUT2D eigenvalue weighted by molar-refractivity contribution is -0.138. The molecule has 0 saturated heterocycles. The van der Waals surface area contributed by atoms with Crippen molar-refractivity contribution in [3.8, 4) is 11.8 Å². The topological polar surface area (TPSA) is 94.4 Å². The number of methoxy groups -OCH3 is 1. The van der Waals surface area contributed by atoms with E-state index < -0.39 is 17.0 Å². The zero-order valence-corrected chi connectivity index (χ0v) is 18.4. The Hall–Kier alpha value is -2.30. The van der Waals surface area contributed by atoms with Crippen LogP contribution in [-0.4, -0.2) is 66.5 Å². The Balaban J connectivity index is 1.76. The molecule has 0 amide bonds. The lowest BCUT2D eigenvalue weighted by Gasteiger charge is -2.59. The van der Waals surface area contributed by atoms with Gasteiger partial charge in [0.1, 0.15) is 5.60 Å². The van der Waals surface area contributed by atoms with Crippen LogP contribution in [0, 0.1) is 40.4 Å². The van der Waals surface area contributed by atoms with Gasteiger partial charge in [0, 0.05) is 43.7 Å². The monoisotopic (exact) mass is 425 g/mol. The minimum absolute atomic E-state index is 0.000633. The van der Waals surface area contributed by atoms with E-state index in [9.17, 15) is 15.0 Å². The first-order valence-electron chi connectivity index (χ1n) is 11.1. The van der Waals surface area contributed by atoms with E-state index in [1.54, 1.807) is 7.05 Å². The molecule has 3 aliphatic carbocycles. The number of carboxylic acid groups (broad SMARTS) is 1. The molecule has 5 bridgehead atoms. The van der Waals surface area contributed by atoms with Crippen LogP contribution < -0.4 is 5.32 Å². The molecule has 5 rings (SSSR count). The molecule has 2 heterocycles. The number of aliphatic carboxylic acids is 1. The quantitative estimate of drug-likeness (QED) is 0.595. The molecule has 0 radical (unpaired) electrons. The third-order valence-electron chi connectivity index (χ3n) is 8.76. The molecule has 7 heteroatoms. The Bertz CT molecular complexity index is 975. The minimum Gasteiger partial charge on any atom is -0.478 e. The number of fused-ring (bicyclic) bond motifs is 1. The van der Waals surface area contributed by atoms with Gasteiger partial charge in [0.2, 0.25) is 0 Å². The van der Waals surface area contributed by atoms with E-state index in [0.29, 0.717) is 19.4 Å². The van der Waals surface area contributed by atoms with Crippen molar-refractivity contribution in [3.05, 3.63) is 23.4 Å². The summed E-state index contributed by atoms with van der Waals surface area (Å²) in [6.07, 6.45) is 7.15. The third-order valence-corrected chi connectivity index (χ3v) is 8.76. The standard InChI is InChI=1S/C24H31N3O4/c1-15-10-16-6-4-8-26-21(25-2)27-9-5-7-22(13-27)17(16)11-18-19(20(28)29)23(30,14-31-3)12-24(15,18)22/h5,9,15-17,30H,7-8,10-14H2,1-3H3,(H,25,26)(H,28,29)/t15-,16-,17+,22-,23+,24+/m1/s1. The zero-order chi connectivity index (χ0) is 22.0. The molecule has 5 aliphatic rings. The number of carboxylic acids is 1. The van der Waals surface area contributed by atoms with Crippen LogP contribution in [0.25, 0.3) is 0 Å². The van der Waals surface area contributed by atoms with Crippen molar-refractivity contribution in [1.29, 1.82) is 0 Å². The van der Waals surface area contributed by atoms with Crippen LogP contribution in [0.3, 0.4) is 0 Å². The van der Waals surface area contributed by atoms with Gasteiger partial charge in [-0.2, -0.15) is 0 Å². The average molecular weight is 426 g/mol. The van der Waals surface area contributed by atoms with Crippen molar-refractivity contribution < 1.29 is 19.7 Å². The maximum absolute atomic E-state index is 12.5. The maximum Gasteiger partial charge on any atom is 0.334 e. The molecular formula is C24H31N3O4. The first kappa shape index (κ1) is 20.6. The van der Waals surface area contributed by atoms with Gasteiger partial charge in [0.25, 0.3) is 0 Å². The second-order valence-corrected chi connectivity index (χ2v) is 9.92. The van der Waals surface area contributed by atoms with E-state index >= 15 is 0 Å². The van der Waals surface area contributed by atoms with Gasteiger partial charge in [0.15, 0.2) is 5.96 Å². The molecule has 2 aliphatic heterocycles. The summed E-state index contributed by atoms with van der Waals surface area (Å²) in [5.74, 6) is 7.29. The fourth-order valence-corrected chi connectivity index (χ4v) is 7.92. The second kappa shape index (κ2) is 6.85. The number of allylic oxidation sites excluding steroid dienone is 2. The van der Waals surface area contributed by atoms with Gasteiger partial charge in [0.05, 0.1) is 18.7 Å².